The van der Waals surface area contributed by atoms with E-state index in [9.17, 15) is 8.78 Å². The highest BCUT2D eigenvalue weighted by molar-refractivity contribution is 5.65. The van der Waals surface area contributed by atoms with Gasteiger partial charge in [0.25, 0.3) is 0 Å². The number of rotatable bonds is 6. The van der Waals surface area contributed by atoms with Crippen molar-refractivity contribution in [2.24, 2.45) is 17.8 Å². The van der Waals surface area contributed by atoms with Crippen molar-refractivity contribution in [1.82, 2.24) is 0 Å². The van der Waals surface area contributed by atoms with Crippen LogP contribution < -0.4 is 4.74 Å². The second-order valence-corrected chi connectivity index (χ2v) is 7.89. The first kappa shape index (κ1) is 18.9. The van der Waals surface area contributed by atoms with Crippen LogP contribution in [0.15, 0.2) is 36.4 Å². The zero-order chi connectivity index (χ0) is 18.5. The van der Waals surface area contributed by atoms with Gasteiger partial charge in [-0.2, -0.15) is 0 Å². The molecule has 1 fully saturated rings. The van der Waals surface area contributed by atoms with Crippen LogP contribution in [0.2, 0.25) is 0 Å². The minimum atomic E-state index is -0.571. The predicted molar refractivity (Wildman–Crippen MR) is 101 cm³/mol. The lowest BCUT2D eigenvalue weighted by Gasteiger charge is -2.29. The molecule has 1 aliphatic rings. The Morgan fingerprint density at radius 2 is 1.77 bits per heavy atom. The van der Waals surface area contributed by atoms with Crippen molar-refractivity contribution in [2.45, 2.75) is 46.0 Å². The third-order valence-corrected chi connectivity index (χ3v) is 5.26. The standard InChI is InChI=1S/C23H27F2O/c1-16(2)12-17-6-8-18(9-7-17)15-26-21-5-3-4-19(13-21)22-11-10-20(24)14-23(22)25/h3-4,10-11,13-14,16-18H,6-9,12,15H2,1-2H3/t17-,18-. The highest BCUT2D eigenvalue weighted by atomic mass is 19.1. The Kier molecular flexibility index (Phi) is 6.29. The smallest absolute Gasteiger partial charge is 0.133 e. The Labute approximate surface area is 155 Å². The van der Waals surface area contributed by atoms with Crippen LogP contribution in [-0.2, 0) is 0 Å². The van der Waals surface area contributed by atoms with Gasteiger partial charge in [0.2, 0.25) is 0 Å². The topological polar surface area (TPSA) is 9.23 Å². The largest absolute Gasteiger partial charge is 0.493 e. The van der Waals surface area contributed by atoms with Gasteiger partial charge in [-0.15, -0.1) is 0 Å². The van der Waals surface area contributed by atoms with Gasteiger partial charge in [-0.05, 0) is 66.8 Å². The Bertz CT molecular complexity index is 718. The number of benzene rings is 2. The van der Waals surface area contributed by atoms with Crippen LogP contribution in [0.3, 0.4) is 0 Å². The molecule has 0 heterocycles. The molecule has 0 aromatic heterocycles. The molecule has 1 radical (unpaired) electrons. The maximum atomic E-state index is 14.0. The van der Waals surface area contributed by atoms with Crippen molar-refractivity contribution in [3.63, 3.8) is 0 Å². The second kappa shape index (κ2) is 8.66. The van der Waals surface area contributed by atoms with Crippen LogP contribution in [0.25, 0.3) is 11.1 Å². The van der Waals surface area contributed by atoms with Crippen LogP contribution in [0.4, 0.5) is 8.78 Å². The molecule has 1 aliphatic carbocycles. The van der Waals surface area contributed by atoms with Crippen LogP contribution in [-0.4, -0.2) is 6.61 Å². The third kappa shape index (κ3) is 5.06. The number of hydrogen-bond acceptors (Lipinski definition) is 1. The molecular weight excluding hydrogens is 330 g/mol. The zero-order valence-electron chi connectivity index (χ0n) is 15.6. The van der Waals surface area contributed by atoms with Gasteiger partial charge in [0.05, 0.1) is 6.61 Å². The molecule has 0 unspecified atom stereocenters. The van der Waals surface area contributed by atoms with E-state index < -0.39 is 11.6 Å². The van der Waals surface area contributed by atoms with E-state index in [1.165, 1.54) is 44.2 Å². The van der Waals surface area contributed by atoms with Gasteiger partial charge in [-0.3, -0.25) is 0 Å². The SMILES string of the molecule is CC(C)C[C@H]1CC[C@H](COc2[c]ccc(-c3ccc(F)cc3F)c2)CC1. The van der Waals surface area contributed by atoms with Crippen molar-refractivity contribution in [3.05, 3.63) is 54.1 Å². The Balaban J connectivity index is 1.56. The highest BCUT2D eigenvalue weighted by Gasteiger charge is 2.22. The van der Waals surface area contributed by atoms with Gasteiger partial charge in [0.1, 0.15) is 17.4 Å². The summed E-state index contributed by atoms with van der Waals surface area (Å²) in [6.45, 7) is 5.27. The van der Waals surface area contributed by atoms with Crippen molar-refractivity contribution >= 4 is 0 Å². The minimum Gasteiger partial charge on any atom is -0.493 e. The summed E-state index contributed by atoms with van der Waals surface area (Å²) < 4.78 is 33.0. The summed E-state index contributed by atoms with van der Waals surface area (Å²) in [6, 6.07) is 12.0. The van der Waals surface area contributed by atoms with E-state index in [4.69, 9.17) is 4.74 Å². The molecule has 26 heavy (non-hydrogen) atoms. The highest BCUT2D eigenvalue weighted by Crippen LogP contribution is 2.33. The van der Waals surface area contributed by atoms with E-state index in [0.717, 1.165) is 17.9 Å². The fourth-order valence-corrected chi connectivity index (χ4v) is 3.93. The fraction of sp³-hybridized carbons (Fsp3) is 0.478. The maximum absolute atomic E-state index is 14.0. The molecule has 0 amide bonds. The van der Waals surface area contributed by atoms with E-state index in [1.807, 2.05) is 0 Å². The molecule has 1 saturated carbocycles. The quantitative estimate of drug-likeness (QED) is 0.561. The van der Waals surface area contributed by atoms with E-state index in [0.29, 0.717) is 29.4 Å². The molecule has 1 nitrogen and oxygen atoms in total. The summed E-state index contributed by atoms with van der Waals surface area (Å²) in [5, 5.41) is 0. The summed E-state index contributed by atoms with van der Waals surface area (Å²) >= 11 is 0. The first-order valence-electron chi connectivity index (χ1n) is 9.61. The average molecular weight is 357 g/mol. The van der Waals surface area contributed by atoms with E-state index in [1.54, 1.807) is 18.2 Å². The molecule has 3 rings (SSSR count). The van der Waals surface area contributed by atoms with E-state index >= 15 is 0 Å². The van der Waals surface area contributed by atoms with Crippen molar-refractivity contribution in [2.75, 3.05) is 6.61 Å². The molecule has 0 N–H and O–H groups in total. The Morgan fingerprint density at radius 1 is 1.04 bits per heavy atom. The van der Waals surface area contributed by atoms with Gasteiger partial charge in [-0.25, -0.2) is 8.78 Å². The molecule has 3 heteroatoms. The Hall–Kier alpha value is -1.90. The zero-order valence-corrected chi connectivity index (χ0v) is 15.6. The van der Waals surface area contributed by atoms with Crippen molar-refractivity contribution in [1.29, 1.82) is 0 Å². The van der Waals surface area contributed by atoms with Crippen molar-refractivity contribution < 1.29 is 13.5 Å². The van der Waals surface area contributed by atoms with Crippen molar-refractivity contribution in [3.8, 4) is 16.9 Å². The summed E-state index contributed by atoms with van der Waals surface area (Å²) in [4.78, 5) is 0. The summed E-state index contributed by atoms with van der Waals surface area (Å²) in [6.07, 6.45) is 6.33. The molecule has 0 spiro atoms. The van der Waals surface area contributed by atoms with Crippen LogP contribution >= 0.6 is 0 Å². The molecule has 139 valence electrons. The predicted octanol–water partition coefficient (Wildman–Crippen LogP) is 6.66. The summed E-state index contributed by atoms with van der Waals surface area (Å²) in [7, 11) is 0. The first-order chi connectivity index (χ1) is 12.5. The normalized spacial score (nSPS) is 20.3. The molecule has 0 saturated heterocycles. The fourth-order valence-electron chi connectivity index (χ4n) is 3.93. The van der Waals surface area contributed by atoms with Gasteiger partial charge in [0, 0.05) is 17.7 Å². The van der Waals surface area contributed by atoms with E-state index in [2.05, 4.69) is 19.9 Å². The average Bonchev–Trinajstić information content (AvgIpc) is 2.61. The maximum Gasteiger partial charge on any atom is 0.133 e. The molecule has 0 bridgehead atoms. The second-order valence-electron chi connectivity index (χ2n) is 7.89. The van der Waals surface area contributed by atoms with Crippen LogP contribution in [0, 0.1) is 35.5 Å². The molecule has 0 aliphatic heterocycles. The summed E-state index contributed by atoms with van der Waals surface area (Å²) in [5.74, 6) is 1.71. The lowest BCUT2D eigenvalue weighted by molar-refractivity contribution is 0.173. The number of halogens is 2. The molecule has 2 aromatic carbocycles. The third-order valence-electron chi connectivity index (χ3n) is 5.26. The molecule has 2 aromatic rings. The van der Waals surface area contributed by atoms with Gasteiger partial charge in [-0.1, -0.05) is 32.8 Å². The monoisotopic (exact) mass is 357 g/mol. The number of hydrogen-bond donors (Lipinski definition) is 0. The number of ether oxygens (including phenoxy) is 1. The lowest BCUT2D eigenvalue weighted by atomic mass is 9.79. The van der Waals surface area contributed by atoms with Gasteiger partial charge >= 0.3 is 0 Å². The van der Waals surface area contributed by atoms with Crippen LogP contribution in [0.1, 0.15) is 46.0 Å². The minimum absolute atomic E-state index is 0.374. The molecular formula is C23H27F2O. The van der Waals surface area contributed by atoms with Gasteiger partial charge < -0.3 is 4.74 Å². The molecule has 0 atom stereocenters. The van der Waals surface area contributed by atoms with Crippen LogP contribution in [0.5, 0.6) is 5.75 Å². The summed E-state index contributed by atoms with van der Waals surface area (Å²) in [5.41, 5.74) is 1.05. The van der Waals surface area contributed by atoms with E-state index in [-0.39, 0.29) is 0 Å². The Morgan fingerprint density at radius 3 is 2.46 bits per heavy atom. The lowest BCUT2D eigenvalue weighted by Crippen LogP contribution is -2.21. The first-order valence-corrected chi connectivity index (χ1v) is 9.61. The van der Waals surface area contributed by atoms with Gasteiger partial charge in [0.15, 0.2) is 0 Å².